The zero-order valence-electron chi connectivity index (χ0n) is 10.3. The molecule has 5 heteroatoms. The summed E-state index contributed by atoms with van der Waals surface area (Å²) >= 11 is 6.31. The van der Waals surface area contributed by atoms with Gasteiger partial charge in [0.15, 0.2) is 0 Å². The van der Waals surface area contributed by atoms with Gasteiger partial charge in [-0.1, -0.05) is 25.4 Å². The molecule has 0 bridgehead atoms. The lowest BCUT2D eigenvalue weighted by Crippen LogP contribution is -2.36. The fourth-order valence-corrected chi connectivity index (χ4v) is 2.11. The predicted octanol–water partition coefficient (Wildman–Crippen LogP) is 1.90. The van der Waals surface area contributed by atoms with Crippen molar-refractivity contribution in [3.63, 3.8) is 0 Å². The highest BCUT2D eigenvalue weighted by Crippen LogP contribution is 2.23. The van der Waals surface area contributed by atoms with Crippen LogP contribution in [0, 0.1) is 0 Å². The Morgan fingerprint density at radius 3 is 2.56 bits per heavy atom. The van der Waals surface area contributed by atoms with Crippen molar-refractivity contribution in [2.24, 2.45) is 5.84 Å². The van der Waals surface area contributed by atoms with Crippen LogP contribution in [0.3, 0.4) is 0 Å². The molecule has 1 atom stereocenters. The molecule has 0 amide bonds. The average Bonchev–Trinajstić information content (AvgIpc) is 2.62. The lowest BCUT2D eigenvalue weighted by molar-refractivity contribution is 0.487. The zero-order chi connectivity index (χ0) is 12.1. The van der Waals surface area contributed by atoms with Gasteiger partial charge in [0.1, 0.15) is 0 Å². The third kappa shape index (κ3) is 2.75. The van der Waals surface area contributed by atoms with Crippen molar-refractivity contribution in [1.82, 2.24) is 15.2 Å². The van der Waals surface area contributed by atoms with Gasteiger partial charge in [0.25, 0.3) is 0 Å². The van der Waals surface area contributed by atoms with E-state index in [-0.39, 0.29) is 6.04 Å². The van der Waals surface area contributed by atoms with Crippen molar-refractivity contribution in [2.45, 2.75) is 52.6 Å². The van der Waals surface area contributed by atoms with Crippen LogP contribution in [-0.2, 0) is 19.4 Å². The van der Waals surface area contributed by atoms with Crippen LogP contribution >= 0.6 is 11.6 Å². The van der Waals surface area contributed by atoms with Crippen LogP contribution in [0.1, 0.15) is 38.6 Å². The van der Waals surface area contributed by atoms with E-state index in [2.05, 4.69) is 31.3 Å². The number of halogens is 1. The number of hydrogen-bond donors (Lipinski definition) is 2. The monoisotopic (exact) mass is 244 g/mol. The number of hydrogen-bond acceptors (Lipinski definition) is 3. The van der Waals surface area contributed by atoms with Crippen LogP contribution in [0.2, 0.25) is 5.02 Å². The second kappa shape index (κ2) is 6.23. The smallest absolute Gasteiger partial charge is 0.0850 e. The number of nitrogens with zero attached hydrogens (tertiary/aromatic N) is 2. The maximum Gasteiger partial charge on any atom is 0.0850 e. The van der Waals surface area contributed by atoms with Crippen LogP contribution in [0.5, 0.6) is 0 Å². The van der Waals surface area contributed by atoms with E-state index in [0.717, 1.165) is 42.2 Å². The van der Waals surface area contributed by atoms with Gasteiger partial charge in [-0.3, -0.25) is 16.0 Å². The van der Waals surface area contributed by atoms with Crippen molar-refractivity contribution in [3.05, 3.63) is 16.4 Å². The molecule has 3 N–H and O–H groups in total. The van der Waals surface area contributed by atoms with Crippen LogP contribution in [0.15, 0.2) is 0 Å². The summed E-state index contributed by atoms with van der Waals surface area (Å²) in [6.45, 7) is 7.08. The molecule has 1 rings (SSSR count). The normalized spacial score (nSPS) is 13.1. The van der Waals surface area contributed by atoms with Gasteiger partial charge in [-0.15, -0.1) is 0 Å². The SMILES string of the molecule is CCc1nn(CC)c(CC(CC)NN)c1Cl. The first-order chi connectivity index (χ1) is 7.67. The molecule has 1 aromatic rings. The highest BCUT2D eigenvalue weighted by atomic mass is 35.5. The van der Waals surface area contributed by atoms with Gasteiger partial charge in [0.2, 0.25) is 0 Å². The molecule has 0 saturated carbocycles. The summed E-state index contributed by atoms with van der Waals surface area (Å²) < 4.78 is 1.97. The van der Waals surface area contributed by atoms with E-state index in [1.54, 1.807) is 0 Å². The number of aromatic nitrogens is 2. The Kier molecular flexibility index (Phi) is 5.25. The number of hydrazine groups is 1. The fraction of sp³-hybridized carbons (Fsp3) is 0.727. The molecule has 1 aromatic heterocycles. The second-order valence-electron chi connectivity index (χ2n) is 3.85. The van der Waals surface area contributed by atoms with Gasteiger partial charge in [-0.2, -0.15) is 5.10 Å². The molecule has 0 radical (unpaired) electrons. The maximum atomic E-state index is 6.31. The van der Waals surface area contributed by atoms with E-state index < -0.39 is 0 Å². The standard InChI is InChI=1S/C11H21ClN4/c1-4-8(14-13)7-10-11(12)9(5-2)15-16(10)6-3/h8,14H,4-7,13H2,1-3H3. The lowest BCUT2D eigenvalue weighted by atomic mass is 10.1. The molecule has 0 aliphatic rings. The Balaban J connectivity index is 2.96. The van der Waals surface area contributed by atoms with Gasteiger partial charge in [-0.05, 0) is 19.8 Å². The summed E-state index contributed by atoms with van der Waals surface area (Å²) in [5.41, 5.74) is 4.87. The Hall–Kier alpha value is -0.580. The number of rotatable bonds is 6. The van der Waals surface area contributed by atoms with Crippen molar-refractivity contribution >= 4 is 11.6 Å². The summed E-state index contributed by atoms with van der Waals surface area (Å²) in [6.07, 6.45) is 2.67. The topological polar surface area (TPSA) is 55.9 Å². The first-order valence-electron chi connectivity index (χ1n) is 5.87. The maximum absolute atomic E-state index is 6.31. The minimum atomic E-state index is 0.254. The number of nitrogens with two attached hydrogens (primary N) is 1. The van der Waals surface area contributed by atoms with Crippen LogP contribution in [0.4, 0.5) is 0 Å². The van der Waals surface area contributed by atoms with Gasteiger partial charge in [0.05, 0.1) is 16.4 Å². The van der Waals surface area contributed by atoms with Gasteiger partial charge >= 0.3 is 0 Å². The minimum absolute atomic E-state index is 0.254. The largest absolute Gasteiger partial charge is 0.271 e. The summed E-state index contributed by atoms with van der Waals surface area (Å²) in [7, 11) is 0. The molecule has 0 aromatic carbocycles. The predicted molar refractivity (Wildman–Crippen MR) is 67.4 cm³/mol. The molecule has 1 heterocycles. The van der Waals surface area contributed by atoms with Gasteiger partial charge < -0.3 is 0 Å². The number of nitrogens with one attached hydrogen (secondary N) is 1. The molecule has 1 unspecified atom stereocenters. The highest BCUT2D eigenvalue weighted by Gasteiger charge is 2.17. The Labute approximate surface area is 102 Å². The Bertz CT molecular complexity index is 331. The first kappa shape index (κ1) is 13.5. The van der Waals surface area contributed by atoms with Crippen molar-refractivity contribution in [3.8, 4) is 0 Å². The summed E-state index contributed by atoms with van der Waals surface area (Å²) in [4.78, 5) is 0. The summed E-state index contributed by atoms with van der Waals surface area (Å²) in [5.74, 6) is 5.49. The van der Waals surface area contributed by atoms with Crippen LogP contribution in [0.25, 0.3) is 0 Å². The van der Waals surface area contributed by atoms with E-state index in [9.17, 15) is 0 Å². The van der Waals surface area contributed by atoms with Crippen LogP contribution in [-0.4, -0.2) is 15.8 Å². The van der Waals surface area contributed by atoms with E-state index in [1.807, 2.05) is 4.68 Å². The fourth-order valence-electron chi connectivity index (χ4n) is 1.77. The molecule has 0 aliphatic heterocycles. The molecule has 16 heavy (non-hydrogen) atoms. The highest BCUT2D eigenvalue weighted by molar-refractivity contribution is 6.31. The third-order valence-electron chi connectivity index (χ3n) is 2.86. The molecule has 92 valence electrons. The molecule has 0 spiro atoms. The van der Waals surface area contributed by atoms with E-state index in [0.29, 0.717) is 0 Å². The molecule has 0 saturated heterocycles. The van der Waals surface area contributed by atoms with Gasteiger partial charge in [-0.25, -0.2) is 0 Å². The summed E-state index contributed by atoms with van der Waals surface area (Å²) in [6, 6.07) is 0.254. The van der Waals surface area contributed by atoms with Gasteiger partial charge in [0, 0.05) is 19.0 Å². The molecular formula is C11H21ClN4. The Morgan fingerprint density at radius 2 is 2.12 bits per heavy atom. The minimum Gasteiger partial charge on any atom is -0.271 e. The van der Waals surface area contributed by atoms with Crippen molar-refractivity contribution in [2.75, 3.05) is 0 Å². The van der Waals surface area contributed by atoms with Crippen molar-refractivity contribution < 1.29 is 0 Å². The first-order valence-corrected chi connectivity index (χ1v) is 6.25. The Morgan fingerprint density at radius 1 is 1.44 bits per heavy atom. The molecule has 0 fully saturated rings. The third-order valence-corrected chi connectivity index (χ3v) is 3.30. The zero-order valence-corrected chi connectivity index (χ0v) is 11.0. The van der Waals surface area contributed by atoms with E-state index in [1.165, 1.54) is 0 Å². The van der Waals surface area contributed by atoms with E-state index >= 15 is 0 Å². The number of aryl methyl sites for hydroxylation is 2. The lowest BCUT2D eigenvalue weighted by Gasteiger charge is -2.14. The second-order valence-corrected chi connectivity index (χ2v) is 4.23. The molecule has 4 nitrogen and oxygen atoms in total. The van der Waals surface area contributed by atoms with Crippen molar-refractivity contribution in [1.29, 1.82) is 0 Å². The van der Waals surface area contributed by atoms with Crippen LogP contribution < -0.4 is 11.3 Å². The van der Waals surface area contributed by atoms with E-state index in [4.69, 9.17) is 17.4 Å². The molecular weight excluding hydrogens is 224 g/mol. The summed E-state index contributed by atoms with van der Waals surface area (Å²) in [5, 5.41) is 5.29. The average molecular weight is 245 g/mol. The quantitative estimate of drug-likeness (QED) is 0.594. The molecule has 0 aliphatic carbocycles.